The van der Waals surface area contributed by atoms with E-state index >= 15 is 0 Å². The molecule has 1 N–H and O–H groups in total. The van der Waals surface area contributed by atoms with E-state index in [0.29, 0.717) is 6.42 Å². The van der Waals surface area contributed by atoms with E-state index in [-0.39, 0.29) is 29.1 Å². The molecule has 110 valence electrons. The lowest BCUT2D eigenvalue weighted by atomic mass is 9.76. The van der Waals surface area contributed by atoms with Crippen LogP contribution in [0.2, 0.25) is 0 Å². The summed E-state index contributed by atoms with van der Waals surface area (Å²) in [5.41, 5.74) is -0.173. The summed E-state index contributed by atoms with van der Waals surface area (Å²) in [6.07, 6.45) is 2.95. The molecule has 0 aromatic carbocycles. The highest BCUT2D eigenvalue weighted by Crippen LogP contribution is 2.42. The first kappa shape index (κ1) is 14.8. The van der Waals surface area contributed by atoms with Crippen LogP contribution in [0.3, 0.4) is 0 Å². The van der Waals surface area contributed by atoms with Crippen LogP contribution >= 0.6 is 0 Å². The van der Waals surface area contributed by atoms with Crippen LogP contribution in [0.1, 0.15) is 53.4 Å². The van der Waals surface area contributed by atoms with Crippen molar-refractivity contribution in [1.82, 2.24) is 4.90 Å². The molecule has 2 atom stereocenters. The minimum atomic E-state index is -0.276. The highest BCUT2D eigenvalue weighted by molar-refractivity contribution is 5.73. The molecule has 0 aromatic rings. The van der Waals surface area contributed by atoms with Crippen molar-refractivity contribution in [2.24, 2.45) is 5.41 Å². The number of likely N-dealkylation sites (tertiary alicyclic amines) is 1. The largest absolute Gasteiger partial charge is 0.393 e. The summed E-state index contributed by atoms with van der Waals surface area (Å²) in [5, 5.41) is 10.2. The van der Waals surface area contributed by atoms with E-state index in [0.717, 1.165) is 32.4 Å². The van der Waals surface area contributed by atoms with E-state index < -0.39 is 0 Å². The highest BCUT2D eigenvalue weighted by atomic mass is 16.5. The molecule has 4 heteroatoms. The van der Waals surface area contributed by atoms with Gasteiger partial charge in [-0.05, 0) is 18.3 Å². The molecule has 4 nitrogen and oxygen atoms in total. The molecule has 0 radical (unpaired) electrons. The first-order chi connectivity index (χ1) is 8.72. The van der Waals surface area contributed by atoms with Crippen molar-refractivity contribution in [3.05, 3.63) is 0 Å². The molecular weight excluding hydrogens is 242 g/mol. The number of rotatable bonds is 0. The zero-order chi connectivity index (χ0) is 14.3. The first-order valence-corrected chi connectivity index (χ1v) is 7.33. The summed E-state index contributed by atoms with van der Waals surface area (Å²) in [6, 6.07) is 0. The maximum absolute atomic E-state index is 11.4. The number of ether oxygens (including phenoxy) is 1. The Balaban J connectivity index is 2.05. The van der Waals surface area contributed by atoms with Crippen molar-refractivity contribution in [2.45, 2.75) is 71.2 Å². The summed E-state index contributed by atoms with van der Waals surface area (Å²) in [5.74, 6) is 0.138. The molecule has 2 fully saturated rings. The number of carbonyl (C=O) groups excluding carboxylic acids is 1. The van der Waals surface area contributed by atoms with Crippen LogP contribution in [0.25, 0.3) is 0 Å². The zero-order valence-electron chi connectivity index (χ0n) is 12.6. The van der Waals surface area contributed by atoms with Gasteiger partial charge in [-0.2, -0.15) is 0 Å². The molecule has 2 aliphatic heterocycles. The minimum absolute atomic E-state index is 0.0477. The lowest BCUT2D eigenvalue weighted by Gasteiger charge is -2.50. The smallest absolute Gasteiger partial charge is 0.219 e. The van der Waals surface area contributed by atoms with Gasteiger partial charge < -0.3 is 14.7 Å². The van der Waals surface area contributed by atoms with Gasteiger partial charge in [0, 0.05) is 32.9 Å². The van der Waals surface area contributed by atoms with Gasteiger partial charge in [0.05, 0.1) is 17.8 Å². The quantitative estimate of drug-likeness (QED) is 0.731. The van der Waals surface area contributed by atoms with E-state index in [1.54, 1.807) is 6.92 Å². The molecular formula is C15H27NO3. The Morgan fingerprint density at radius 2 is 1.89 bits per heavy atom. The molecule has 0 bridgehead atoms. The molecule has 0 unspecified atom stereocenters. The molecule has 1 spiro atoms. The Morgan fingerprint density at radius 3 is 2.37 bits per heavy atom. The summed E-state index contributed by atoms with van der Waals surface area (Å²) in [7, 11) is 0. The Labute approximate surface area is 116 Å². The molecule has 1 amide bonds. The lowest BCUT2D eigenvalue weighted by Crippen LogP contribution is -2.55. The summed E-state index contributed by atoms with van der Waals surface area (Å²) in [4.78, 5) is 13.3. The molecule has 0 saturated carbocycles. The third kappa shape index (κ3) is 3.29. The van der Waals surface area contributed by atoms with Gasteiger partial charge in [0.1, 0.15) is 0 Å². The van der Waals surface area contributed by atoms with Gasteiger partial charge in [-0.3, -0.25) is 4.79 Å². The molecule has 2 rings (SSSR count). The van der Waals surface area contributed by atoms with Gasteiger partial charge in [-0.1, -0.05) is 20.8 Å². The number of carbonyl (C=O) groups is 1. The first-order valence-electron chi connectivity index (χ1n) is 7.33. The fourth-order valence-corrected chi connectivity index (χ4v) is 3.24. The van der Waals surface area contributed by atoms with E-state index in [1.807, 2.05) is 4.90 Å². The van der Waals surface area contributed by atoms with Gasteiger partial charge in [0.2, 0.25) is 5.91 Å². The predicted molar refractivity (Wildman–Crippen MR) is 73.8 cm³/mol. The fraction of sp³-hybridized carbons (Fsp3) is 0.933. The average molecular weight is 269 g/mol. The second kappa shape index (κ2) is 5.06. The van der Waals surface area contributed by atoms with E-state index in [9.17, 15) is 9.90 Å². The van der Waals surface area contributed by atoms with Crippen LogP contribution in [0, 0.1) is 5.41 Å². The van der Waals surface area contributed by atoms with E-state index in [4.69, 9.17) is 4.74 Å². The fourth-order valence-electron chi connectivity index (χ4n) is 3.24. The minimum Gasteiger partial charge on any atom is -0.393 e. The van der Waals surface area contributed by atoms with Crippen molar-refractivity contribution in [3.8, 4) is 0 Å². The SMILES string of the molecule is CC(=O)N1CCC2(CC1)C[C@H](O)C[C@H](C(C)(C)C)O2. The molecule has 2 heterocycles. The van der Waals surface area contributed by atoms with Crippen molar-refractivity contribution >= 4 is 5.91 Å². The lowest BCUT2D eigenvalue weighted by molar-refractivity contribution is -0.207. The maximum Gasteiger partial charge on any atom is 0.219 e. The van der Waals surface area contributed by atoms with E-state index in [1.165, 1.54) is 0 Å². The van der Waals surface area contributed by atoms with Crippen molar-refractivity contribution in [1.29, 1.82) is 0 Å². The summed E-state index contributed by atoms with van der Waals surface area (Å²) in [6.45, 7) is 9.60. The predicted octanol–water partition coefficient (Wildman–Crippen LogP) is 1.95. The second-order valence-corrected chi connectivity index (χ2v) is 7.26. The third-order valence-electron chi connectivity index (χ3n) is 4.57. The number of nitrogens with zero attached hydrogens (tertiary/aromatic N) is 1. The Morgan fingerprint density at radius 1 is 1.32 bits per heavy atom. The van der Waals surface area contributed by atoms with Gasteiger partial charge in [0.25, 0.3) is 0 Å². The number of piperidine rings is 1. The molecule has 2 aliphatic rings. The normalized spacial score (nSPS) is 31.5. The Kier molecular flexibility index (Phi) is 3.94. The summed E-state index contributed by atoms with van der Waals surface area (Å²) >= 11 is 0. The number of hydrogen-bond acceptors (Lipinski definition) is 3. The molecule has 0 aliphatic carbocycles. The van der Waals surface area contributed by atoms with Crippen LogP contribution in [-0.4, -0.2) is 46.8 Å². The van der Waals surface area contributed by atoms with Crippen molar-refractivity contribution in [2.75, 3.05) is 13.1 Å². The van der Waals surface area contributed by atoms with E-state index in [2.05, 4.69) is 20.8 Å². The molecule has 19 heavy (non-hydrogen) atoms. The summed E-state index contributed by atoms with van der Waals surface area (Å²) < 4.78 is 6.38. The van der Waals surface area contributed by atoms with Crippen LogP contribution < -0.4 is 0 Å². The van der Waals surface area contributed by atoms with Crippen LogP contribution in [0.4, 0.5) is 0 Å². The number of hydrogen-bond donors (Lipinski definition) is 1. The highest BCUT2D eigenvalue weighted by Gasteiger charge is 2.46. The second-order valence-electron chi connectivity index (χ2n) is 7.26. The Bertz CT molecular complexity index is 340. The van der Waals surface area contributed by atoms with Gasteiger partial charge >= 0.3 is 0 Å². The van der Waals surface area contributed by atoms with Gasteiger partial charge in [0.15, 0.2) is 0 Å². The average Bonchev–Trinajstić information content (AvgIpc) is 2.27. The Hall–Kier alpha value is -0.610. The number of aliphatic hydroxyl groups is 1. The standard InChI is InChI=1S/C15H27NO3/c1-11(17)16-7-5-15(6-8-16)10-12(18)9-13(19-15)14(2,3)4/h12-13,18H,5-10H2,1-4H3/t12-,13-/m1/s1. The van der Waals surface area contributed by atoms with Crippen LogP contribution in [0.5, 0.6) is 0 Å². The zero-order valence-corrected chi connectivity index (χ0v) is 12.6. The van der Waals surface area contributed by atoms with Gasteiger partial charge in [-0.15, -0.1) is 0 Å². The topological polar surface area (TPSA) is 49.8 Å². The number of aliphatic hydroxyl groups excluding tert-OH is 1. The van der Waals surface area contributed by atoms with Gasteiger partial charge in [-0.25, -0.2) is 0 Å². The number of amides is 1. The molecule has 0 aromatic heterocycles. The maximum atomic E-state index is 11.4. The third-order valence-corrected chi connectivity index (χ3v) is 4.57. The monoisotopic (exact) mass is 269 g/mol. The molecule has 2 saturated heterocycles. The van der Waals surface area contributed by atoms with Crippen LogP contribution in [-0.2, 0) is 9.53 Å². The van der Waals surface area contributed by atoms with Crippen molar-refractivity contribution < 1.29 is 14.6 Å². The van der Waals surface area contributed by atoms with Crippen LogP contribution in [0.15, 0.2) is 0 Å². The van der Waals surface area contributed by atoms with Crippen molar-refractivity contribution in [3.63, 3.8) is 0 Å².